The molecule has 9 nitrogen and oxygen atoms in total. The van der Waals surface area contributed by atoms with Crippen molar-refractivity contribution in [2.24, 2.45) is 13.0 Å². The average molecular weight is 399 g/mol. The van der Waals surface area contributed by atoms with Crippen LogP contribution in [0.3, 0.4) is 0 Å². The number of hydrogen-bond acceptors (Lipinski definition) is 7. The first-order chi connectivity index (χ1) is 14.0. The van der Waals surface area contributed by atoms with Gasteiger partial charge in [0.1, 0.15) is 11.6 Å². The van der Waals surface area contributed by atoms with Crippen LogP contribution in [0.2, 0.25) is 0 Å². The van der Waals surface area contributed by atoms with Crippen LogP contribution in [0.25, 0.3) is 5.65 Å². The van der Waals surface area contributed by atoms with Crippen molar-refractivity contribution >= 4 is 17.3 Å². The van der Waals surface area contributed by atoms with Gasteiger partial charge in [0.2, 0.25) is 0 Å². The van der Waals surface area contributed by atoms with Gasteiger partial charge in [0.05, 0.1) is 24.5 Å². The minimum atomic E-state index is -0.330. The van der Waals surface area contributed by atoms with E-state index in [4.69, 9.17) is 4.98 Å². The number of aromatic nitrogens is 5. The number of β-amino-alcohol motifs (C(OH)–C–C–N with tert-alkyl or cyclic N) is 1. The number of piperidine rings is 1. The molecule has 0 spiro atoms. The fraction of sp³-hybridized carbons (Fsp3) is 0.550. The first kappa shape index (κ1) is 19.7. The molecule has 29 heavy (non-hydrogen) atoms. The van der Waals surface area contributed by atoms with Crippen LogP contribution < -0.4 is 16.0 Å². The van der Waals surface area contributed by atoms with Crippen LogP contribution in [0.5, 0.6) is 0 Å². The summed E-state index contributed by atoms with van der Waals surface area (Å²) in [6.07, 6.45) is 4.30. The third kappa shape index (κ3) is 4.20. The Morgan fingerprint density at radius 1 is 1.31 bits per heavy atom. The summed E-state index contributed by atoms with van der Waals surface area (Å²) in [6.45, 7) is 7.21. The molecule has 0 aromatic carbocycles. The second-order valence-electron chi connectivity index (χ2n) is 8.02. The number of rotatable bonds is 7. The van der Waals surface area contributed by atoms with Crippen LogP contribution in [-0.4, -0.2) is 55.2 Å². The van der Waals surface area contributed by atoms with Gasteiger partial charge in [-0.15, -0.1) is 0 Å². The molecule has 4 rings (SSSR count). The third-order valence-corrected chi connectivity index (χ3v) is 5.63. The zero-order chi connectivity index (χ0) is 20.4. The topological polar surface area (TPSA) is 104 Å². The smallest absolute Gasteiger partial charge is 0.163 e. The molecule has 0 amide bonds. The first-order valence-electron chi connectivity index (χ1n) is 10.2. The highest BCUT2D eigenvalue weighted by Gasteiger charge is 2.23. The van der Waals surface area contributed by atoms with Crippen molar-refractivity contribution in [1.29, 1.82) is 0 Å². The zero-order valence-corrected chi connectivity index (χ0v) is 17.3. The maximum Gasteiger partial charge on any atom is 0.163 e. The zero-order valence-electron chi connectivity index (χ0n) is 17.3. The Labute approximate surface area is 170 Å². The first-order valence-corrected chi connectivity index (χ1v) is 10.2. The van der Waals surface area contributed by atoms with Gasteiger partial charge in [-0.25, -0.2) is 4.98 Å². The van der Waals surface area contributed by atoms with Crippen molar-refractivity contribution in [3.05, 3.63) is 35.8 Å². The fourth-order valence-corrected chi connectivity index (χ4v) is 3.73. The molecule has 3 aromatic rings. The molecule has 1 saturated heterocycles. The Morgan fingerprint density at radius 3 is 2.90 bits per heavy atom. The monoisotopic (exact) mass is 398 g/mol. The number of aryl methyl sites for hydroxylation is 1. The summed E-state index contributed by atoms with van der Waals surface area (Å²) in [5, 5.41) is 29.1. The minimum Gasteiger partial charge on any atom is -0.391 e. The lowest BCUT2D eigenvalue weighted by atomic mass is 9.95. The highest BCUT2D eigenvalue weighted by atomic mass is 16.3. The standard InChI is InChI=1S/C20H30N8O/c1-13(2)16-11-25-28-19(23-10-15-5-7-24-27(15)3)8-18(26-20(16)28)22-9-14-4-6-21-12-17(14)29/h5,7-8,11,13-14,17,21,23,29H,4,6,9-10,12H2,1-3H3,(H,22,26)/t14-,17+/m1/s1. The van der Waals surface area contributed by atoms with Crippen LogP contribution in [0.1, 0.15) is 37.4 Å². The van der Waals surface area contributed by atoms with E-state index < -0.39 is 0 Å². The molecule has 0 unspecified atom stereocenters. The fourth-order valence-electron chi connectivity index (χ4n) is 3.73. The lowest BCUT2D eigenvalue weighted by Gasteiger charge is -2.28. The molecule has 1 fully saturated rings. The van der Waals surface area contributed by atoms with Gasteiger partial charge in [-0.05, 0) is 24.9 Å². The van der Waals surface area contributed by atoms with Crippen LogP contribution in [-0.2, 0) is 13.6 Å². The third-order valence-electron chi connectivity index (χ3n) is 5.63. The van der Waals surface area contributed by atoms with Crippen LogP contribution in [0.15, 0.2) is 24.5 Å². The largest absolute Gasteiger partial charge is 0.391 e. The van der Waals surface area contributed by atoms with Gasteiger partial charge >= 0.3 is 0 Å². The highest BCUT2D eigenvalue weighted by molar-refractivity contribution is 5.61. The molecule has 0 radical (unpaired) electrons. The summed E-state index contributed by atoms with van der Waals surface area (Å²) < 4.78 is 3.71. The maximum atomic E-state index is 10.2. The van der Waals surface area contributed by atoms with E-state index in [1.807, 2.05) is 34.6 Å². The molecule has 3 aromatic heterocycles. The Balaban J connectivity index is 1.59. The van der Waals surface area contributed by atoms with E-state index in [1.54, 1.807) is 6.20 Å². The van der Waals surface area contributed by atoms with E-state index in [1.165, 1.54) is 0 Å². The summed E-state index contributed by atoms with van der Waals surface area (Å²) in [6, 6.07) is 3.97. The van der Waals surface area contributed by atoms with Crippen molar-refractivity contribution in [2.45, 2.75) is 38.8 Å². The van der Waals surface area contributed by atoms with E-state index in [0.717, 1.165) is 41.5 Å². The SMILES string of the molecule is CC(C)c1cnn2c(NCc3ccnn3C)cc(NC[C@H]3CCNC[C@@H]3O)nc12. The molecule has 4 N–H and O–H groups in total. The van der Waals surface area contributed by atoms with Crippen molar-refractivity contribution in [3.8, 4) is 0 Å². The van der Waals surface area contributed by atoms with Crippen molar-refractivity contribution in [2.75, 3.05) is 30.3 Å². The number of nitrogens with zero attached hydrogens (tertiary/aromatic N) is 5. The van der Waals surface area contributed by atoms with Crippen LogP contribution >= 0.6 is 0 Å². The van der Waals surface area contributed by atoms with E-state index in [9.17, 15) is 5.11 Å². The molecular weight excluding hydrogens is 368 g/mol. The second kappa shape index (κ2) is 8.38. The average Bonchev–Trinajstić information content (AvgIpc) is 3.31. The summed E-state index contributed by atoms with van der Waals surface area (Å²) in [5.74, 6) is 2.20. The molecule has 4 heterocycles. The van der Waals surface area contributed by atoms with Crippen molar-refractivity contribution < 1.29 is 5.11 Å². The summed E-state index contributed by atoms with van der Waals surface area (Å²) in [7, 11) is 1.93. The van der Waals surface area contributed by atoms with E-state index in [-0.39, 0.29) is 12.0 Å². The number of nitrogens with one attached hydrogen (secondary N) is 3. The molecule has 0 aliphatic carbocycles. The Hall–Kier alpha value is -2.65. The maximum absolute atomic E-state index is 10.2. The summed E-state index contributed by atoms with van der Waals surface area (Å²) >= 11 is 0. The van der Waals surface area contributed by atoms with Crippen molar-refractivity contribution in [1.82, 2.24) is 29.7 Å². The lowest BCUT2D eigenvalue weighted by Crippen LogP contribution is -2.43. The molecule has 9 heteroatoms. The highest BCUT2D eigenvalue weighted by Crippen LogP contribution is 2.25. The molecule has 0 bridgehead atoms. The Morgan fingerprint density at radius 2 is 2.17 bits per heavy atom. The normalized spacial score (nSPS) is 19.8. The van der Waals surface area contributed by atoms with Gasteiger partial charge in [-0.2, -0.15) is 14.7 Å². The van der Waals surface area contributed by atoms with Gasteiger partial charge in [0.25, 0.3) is 0 Å². The number of aliphatic hydroxyl groups excluding tert-OH is 1. The van der Waals surface area contributed by atoms with Gasteiger partial charge in [0.15, 0.2) is 5.65 Å². The van der Waals surface area contributed by atoms with E-state index in [2.05, 4.69) is 40.0 Å². The molecular formula is C20H30N8O. The van der Waals surface area contributed by atoms with E-state index >= 15 is 0 Å². The lowest BCUT2D eigenvalue weighted by molar-refractivity contribution is 0.0883. The van der Waals surface area contributed by atoms with Gasteiger partial charge in [-0.3, -0.25) is 4.68 Å². The molecule has 1 aliphatic rings. The number of hydrogen-bond donors (Lipinski definition) is 4. The number of aliphatic hydroxyl groups is 1. The Kier molecular flexibility index (Phi) is 5.68. The summed E-state index contributed by atoms with van der Waals surface area (Å²) in [4.78, 5) is 4.82. The number of fused-ring (bicyclic) bond motifs is 1. The molecule has 1 aliphatic heterocycles. The quantitative estimate of drug-likeness (QED) is 0.479. The summed E-state index contributed by atoms with van der Waals surface area (Å²) in [5.41, 5.74) is 3.04. The van der Waals surface area contributed by atoms with Crippen molar-refractivity contribution in [3.63, 3.8) is 0 Å². The Bertz CT molecular complexity index is 963. The van der Waals surface area contributed by atoms with Gasteiger partial charge in [-0.1, -0.05) is 13.8 Å². The molecule has 2 atom stereocenters. The predicted octanol–water partition coefficient (Wildman–Crippen LogP) is 1.58. The van der Waals surface area contributed by atoms with Crippen LogP contribution in [0, 0.1) is 5.92 Å². The second-order valence-corrected chi connectivity index (χ2v) is 8.02. The van der Waals surface area contributed by atoms with Gasteiger partial charge in [0, 0.05) is 43.9 Å². The van der Waals surface area contributed by atoms with Gasteiger partial charge < -0.3 is 21.1 Å². The number of anilines is 2. The molecule has 156 valence electrons. The predicted molar refractivity (Wildman–Crippen MR) is 113 cm³/mol. The van der Waals surface area contributed by atoms with E-state index in [0.29, 0.717) is 25.6 Å². The minimum absolute atomic E-state index is 0.217. The van der Waals surface area contributed by atoms with Crippen LogP contribution in [0.4, 0.5) is 11.6 Å². The molecule has 0 saturated carbocycles.